The smallest absolute Gasteiger partial charge is 0.319 e. The van der Waals surface area contributed by atoms with Crippen LogP contribution in [0.4, 0.5) is 21.0 Å². The molecule has 604 valence electrons. The fourth-order valence-electron chi connectivity index (χ4n) is 25.1. The normalized spacial score (nSPS) is 24.6. The van der Waals surface area contributed by atoms with Gasteiger partial charge in [-0.1, -0.05) is 169 Å². The molecule has 4 amide bonds. The molecule has 4 N–H and O–H groups in total. The van der Waals surface area contributed by atoms with Crippen LogP contribution in [0.15, 0.2) is 182 Å². The monoisotopic (exact) mass is 1570 g/mol. The minimum atomic E-state index is -0.156. The van der Waals surface area contributed by atoms with Crippen LogP contribution in [0.3, 0.4) is 0 Å². The standard InChI is InChI=1S/C104H108N4O10/c1-65-21-25-89(26-22-65)107-99(109)105-31-29-101-55-67-41-68(56-101)60-103(59-67,63-101)87-51-83-47-79-17-7-19-81-49-85-53-88(104-61-69-42-70(62-104)58-102(57-69,64-104)30-32-106-100(110)108-90-27-23-66(2)24-28-90)54-86-50-82-20-8-18-80-48-84(52-87)97(83)117-39-37-113-93-75-13-5-14-76(93)44-72-10-4-12-74(92(72)112-34-36-116-96(80)82)46-78-16-6-15-77(94(78)114-38-40-118-98(85)86)45-73-11-3-9-71(43-75)91(73)111-33-35-115-95(79)81/h3-28,51-54,67-70H,29-50,55-64H2,1-2H3,(H2,105,107,109)(H2,106,108,110)/t67-,68+,69-,70+,101?,102?,103?,104?. The number of carbonyl (C=O) groups excluding carboxylic acids is 2. The van der Waals surface area contributed by atoms with Gasteiger partial charge < -0.3 is 59.2 Å². The van der Waals surface area contributed by atoms with Gasteiger partial charge in [-0.3, -0.25) is 0 Å². The number of fused-ring (bicyclic) bond motifs is 12. The van der Waals surface area contributed by atoms with Crippen molar-refractivity contribution in [2.24, 2.45) is 34.5 Å². The van der Waals surface area contributed by atoms with Gasteiger partial charge in [-0.2, -0.15) is 0 Å². The largest absolute Gasteiger partial charge is 0.489 e. The molecule has 8 saturated carbocycles. The number of hydrogen-bond donors (Lipinski definition) is 4. The lowest BCUT2D eigenvalue weighted by Gasteiger charge is -2.63. The Bertz CT molecular complexity index is 5010. The van der Waals surface area contributed by atoms with Crippen molar-refractivity contribution in [1.29, 1.82) is 0 Å². The van der Waals surface area contributed by atoms with Crippen LogP contribution >= 0.6 is 0 Å². The number of anilines is 2. The molecule has 8 fully saturated rings. The summed E-state index contributed by atoms with van der Waals surface area (Å²) < 4.78 is 60.5. The van der Waals surface area contributed by atoms with Crippen molar-refractivity contribution in [2.75, 3.05) is 76.6 Å². The zero-order chi connectivity index (χ0) is 79.1. The maximum atomic E-state index is 13.7. The fraction of sp³-hybridized carbons (Fsp3) is 0.404. The quantitative estimate of drug-likeness (QED) is 0.104. The number of carbonyl (C=O) groups is 2. The van der Waals surface area contributed by atoms with Crippen molar-refractivity contribution < 1.29 is 47.5 Å². The topological polar surface area (TPSA) is 156 Å². The number of nitrogens with one attached hydrogen (secondary N) is 4. The van der Waals surface area contributed by atoms with Crippen molar-refractivity contribution in [3.63, 3.8) is 0 Å². The molecule has 14 heteroatoms. The molecule has 0 spiro atoms. The Labute approximate surface area is 693 Å². The Morgan fingerprint density at radius 2 is 0.517 bits per heavy atom. The fourth-order valence-corrected chi connectivity index (χ4v) is 25.1. The number of ether oxygens (including phenoxy) is 8. The van der Waals surface area contributed by atoms with Gasteiger partial charge in [0.15, 0.2) is 0 Å². The summed E-state index contributed by atoms with van der Waals surface area (Å²) in [6, 6.07) is 66.3. The molecule has 0 saturated heterocycles. The third-order valence-electron chi connectivity index (χ3n) is 29.0. The molecule has 8 atom stereocenters. The summed E-state index contributed by atoms with van der Waals surface area (Å²) in [4.78, 5) is 27.4. The SMILES string of the molecule is Cc1ccc(NC(=O)NCCC23C[C@H]4C[C@@H](C2)CC(c2cc5c6c(c2)Cc2cccc7c2OCCOc2c8cccc2Cc2cccc9c2OCCOc2c(cc(C%10%11C[C@@H]%12C[C@@H](CC(CCNC(=O)Nc%13ccc(C)cc%13)(C%12)C%10)C%11)cc2C7)Cc2cccc(c2OCCOc2c(cccc2C9)Cc2cccc(c2OCCO6)C8)C5)(C4)C3)cc1. The molecule has 32 bridgehead atoms. The number of rotatable bonds is 10. The third-order valence-corrected chi connectivity index (χ3v) is 29.0. The minimum Gasteiger partial charge on any atom is -0.489 e. The summed E-state index contributed by atoms with van der Waals surface area (Å²) in [5, 5.41) is 12.9. The Kier molecular flexibility index (Phi) is 19.5. The van der Waals surface area contributed by atoms with Gasteiger partial charge in [0.25, 0.3) is 0 Å². The van der Waals surface area contributed by atoms with Gasteiger partial charge in [-0.25, -0.2) is 9.59 Å². The van der Waals surface area contributed by atoms with Crippen molar-refractivity contribution in [3.8, 4) is 46.0 Å². The molecule has 10 aromatic carbocycles. The molecule has 14 aliphatic rings. The predicted octanol–water partition coefficient (Wildman–Crippen LogP) is 20.5. The summed E-state index contributed by atoms with van der Waals surface area (Å²) >= 11 is 0. The van der Waals surface area contributed by atoms with Crippen molar-refractivity contribution in [2.45, 2.75) is 166 Å². The molecule has 4 unspecified atom stereocenters. The minimum absolute atomic E-state index is 0.0720. The molecule has 10 aliphatic carbocycles. The van der Waals surface area contributed by atoms with Crippen LogP contribution in [0.25, 0.3) is 0 Å². The number of hydrogen-bond acceptors (Lipinski definition) is 10. The summed E-state index contributed by atoms with van der Waals surface area (Å²) in [5.74, 6) is 9.14. The second-order valence-corrected chi connectivity index (χ2v) is 37.4. The maximum absolute atomic E-state index is 13.7. The first kappa shape index (κ1) is 74.7. The van der Waals surface area contributed by atoms with E-state index in [1.54, 1.807) is 0 Å². The van der Waals surface area contributed by atoms with Crippen LogP contribution in [0, 0.1) is 48.3 Å². The van der Waals surface area contributed by atoms with E-state index in [9.17, 15) is 9.59 Å². The number of para-hydroxylation sites is 6. The van der Waals surface area contributed by atoms with E-state index >= 15 is 0 Å². The zero-order valence-electron chi connectivity index (χ0n) is 68.3. The lowest BCUT2D eigenvalue weighted by atomic mass is 9.42. The van der Waals surface area contributed by atoms with Gasteiger partial charge in [0, 0.05) is 75.8 Å². The number of urea groups is 2. The average Bonchev–Trinajstić information content (AvgIpc) is 0.713. The van der Waals surface area contributed by atoms with E-state index in [4.69, 9.17) is 37.9 Å². The molecular weight excluding hydrogens is 1470 g/mol. The highest BCUT2D eigenvalue weighted by atomic mass is 16.5. The molecular formula is C104H108N4O10. The van der Waals surface area contributed by atoms with E-state index in [1.165, 1.54) is 49.7 Å². The van der Waals surface area contributed by atoms with Gasteiger partial charge >= 0.3 is 12.1 Å². The molecule has 0 aromatic heterocycles. The average molecular weight is 1570 g/mol. The Morgan fingerprint density at radius 1 is 0.297 bits per heavy atom. The van der Waals surface area contributed by atoms with E-state index in [0.29, 0.717) is 88.1 Å². The number of aryl methyl sites for hydroxylation is 2. The lowest BCUT2D eigenvalue weighted by molar-refractivity contribution is -0.0756. The summed E-state index contributed by atoms with van der Waals surface area (Å²) in [5.41, 5.74) is 23.9. The molecule has 0 radical (unpaired) electrons. The van der Waals surface area contributed by atoms with E-state index in [1.807, 2.05) is 48.5 Å². The molecule has 4 aliphatic heterocycles. The highest BCUT2D eigenvalue weighted by molar-refractivity contribution is 5.90. The first-order valence-electron chi connectivity index (χ1n) is 44.0. The van der Waals surface area contributed by atoms with Gasteiger partial charge in [0.1, 0.15) is 98.9 Å². The van der Waals surface area contributed by atoms with E-state index in [2.05, 4.69) is 169 Å². The van der Waals surface area contributed by atoms with Crippen LogP contribution in [0.1, 0.15) is 201 Å². The second-order valence-electron chi connectivity index (χ2n) is 37.4. The number of benzene rings is 10. The van der Waals surface area contributed by atoms with E-state index < -0.39 is 0 Å². The summed E-state index contributed by atoms with van der Waals surface area (Å²) in [6.07, 6.45) is 20.0. The van der Waals surface area contributed by atoms with E-state index in [0.717, 1.165) is 209 Å². The molecule has 118 heavy (non-hydrogen) atoms. The first-order valence-corrected chi connectivity index (χ1v) is 44.0. The molecule has 10 aromatic rings. The Balaban J connectivity index is 0.749. The van der Waals surface area contributed by atoms with Crippen molar-refractivity contribution in [1.82, 2.24) is 10.6 Å². The Hall–Kier alpha value is -10.9. The van der Waals surface area contributed by atoms with E-state index in [-0.39, 0.29) is 86.6 Å². The van der Waals surface area contributed by atoms with Crippen molar-refractivity contribution in [3.05, 3.63) is 293 Å². The zero-order valence-corrected chi connectivity index (χ0v) is 68.3. The van der Waals surface area contributed by atoms with Crippen LogP contribution in [-0.2, 0) is 62.2 Å². The first-order chi connectivity index (χ1) is 57.7. The molecule has 14 nitrogen and oxygen atoms in total. The Morgan fingerprint density at radius 3 is 0.754 bits per heavy atom. The summed E-state index contributed by atoms with van der Waals surface area (Å²) in [7, 11) is 0. The number of amides is 4. The van der Waals surface area contributed by atoms with Crippen LogP contribution in [-0.4, -0.2) is 78.0 Å². The maximum Gasteiger partial charge on any atom is 0.319 e. The van der Waals surface area contributed by atoms with Crippen LogP contribution in [0.5, 0.6) is 46.0 Å². The predicted molar refractivity (Wildman–Crippen MR) is 461 cm³/mol. The second kappa shape index (κ2) is 30.8. The van der Waals surface area contributed by atoms with Gasteiger partial charge in [0.2, 0.25) is 0 Å². The molecule has 24 rings (SSSR count). The van der Waals surface area contributed by atoms with Crippen LogP contribution < -0.4 is 59.2 Å². The third kappa shape index (κ3) is 14.6. The van der Waals surface area contributed by atoms with Gasteiger partial charge in [-0.15, -0.1) is 0 Å². The molecule has 4 heterocycles. The van der Waals surface area contributed by atoms with Gasteiger partial charge in [-0.05, 0) is 273 Å². The summed E-state index contributed by atoms with van der Waals surface area (Å²) in [6.45, 7) is 7.62. The highest BCUT2D eigenvalue weighted by Gasteiger charge is 2.60. The lowest BCUT2D eigenvalue weighted by Crippen LogP contribution is -2.54. The van der Waals surface area contributed by atoms with Crippen molar-refractivity contribution >= 4 is 23.4 Å². The van der Waals surface area contributed by atoms with Crippen LogP contribution in [0.2, 0.25) is 0 Å². The highest BCUT2D eigenvalue weighted by Crippen LogP contribution is 2.69. The van der Waals surface area contributed by atoms with Gasteiger partial charge in [0.05, 0.1) is 0 Å².